The van der Waals surface area contributed by atoms with Gasteiger partial charge in [-0.3, -0.25) is 9.48 Å². The SMILES string of the molecule is CNC(C(=O)N1CCCC1C)c1cnn(C)c1.Cl. The first kappa shape index (κ1) is 15.0. The number of carbonyl (C=O) groups is 1. The second-order valence-electron chi connectivity index (χ2n) is 4.69. The highest BCUT2D eigenvalue weighted by Gasteiger charge is 2.31. The second kappa shape index (κ2) is 6.20. The van der Waals surface area contributed by atoms with Crippen molar-refractivity contribution >= 4 is 18.3 Å². The maximum absolute atomic E-state index is 12.4. The van der Waals surface area contributed by atoms with Crippen molar-refractivity contribution in [3.63, 3.8) is 0 Å². The van der Waals surface area contributed by atoms with Crippen LogP contribution in [0.25, 0.3) is 0 Å². The summed E-state index contributed by atoms with van der Waals surface area (Å²) in [6, 6.07) is 0.0827. The largest absolute Gasteiger partial charge is 0.338 e. The van der Waals surface area contributed by atoms with Gasteiger partial charge in [0.1, 0.15) is 6.04 Å². The Labute approximate surface area is 114 Å². The summed E-state index contributed by atoms with van der Waals surface area (Å²) in [7, 11) is 3.68. The van der Waals surface area contributed by atoms with Crippen LogP contribution in [-0.4, -0.2) is 40.2 Å². The summed E-state index contributed by atoms with van der Waals surface area (Å²) in [6.07, 6.45) is 5.85. The highest BCUT2D eigenvalue weighted by atomic mass is 35.5. The lowest BCUT2D eigenvalue weighted by molar-refractivity contribution is -0.134. The number of amides is 1. The average Bonchev–Trinajstić information content (AvgIpc) is 2.88. The minimum atomic E-state index is -0.274. The topological polar surface area (TPSA) is 50.2 Å². The molecule has 1 aromatic rings. The maximum atomic E-state index is 12.4. The Kier molecular flexibility index (Phi) is 5.16. The van der Waals surface area contributed by atoms with E-state index in [1.807, 2.05) is 25.2 Å². The zero-order valence-corrected chi connectivity index (χ0v) is 11.9. The summed E-state index contributed by atoms with van der Waals surface area (Å²) in [5.41, 5.74) is 0.930. The number of hydrogen-bond acceptors (Lipinski definition) is 3. The molecule has 1 saturated heterocycles. The van der Waals surface area contributed by atoms with Crippen LogP contribution in [0.15, 0.2) is 12.4 Å². The Balaban J connectivity index is 0.00000162. The van der Waals surface area contributed by atoms with Gasteiger partial charge in [-0.25, -0.2) is 0 Å². The fourth-order valence-corrected chi connectivity index (χ4v) is 2.45. The van der Waals surface area contributed by atoms with E-state index in [1.165, 1.54) is 0 Å². The van der Waals surface area contributed by atoms with Crippen LogP contribution in [0.3, 0.4) is 0 Å². The average molecular weight is 273 g/mol. The Morgan fingerprint density at radius 3 is 2.78 bits per heavy atom. The molecule has 0 saturated carbocycles. The molecular formula is C12H21ClN4O. The molecule has 1 amide bonds. The van der Waals surface area contributed by atoms with E-state index < -0.39 is 0 Å². The van der Waals surface area contributed by atoms with Gasteiger partial charge in [-0.15, -0.1) is 12.4 Å². The molecule has 1 aromatic heterocycles. The van der Waals surface area contributed by atoms with Gasteiger partial charge in [-0.2, -0.15) is 5.10 Å². The Morgan fingerprint density at radius 2 is 2.33 bits per heavy atom. The second-order valence-corrected chi connectivity index (χ2v) is 4.69. The molecule has 2 atom stereocenters. The van der Waals surface area contributed by atoms with Crippen molar-refractivity contribution in [2.75, 3.05) is 13.6 Å². The Morgan fingerprint density at radius 1 is 1.61 bits per heavy atom. The van der Waals surface area contributed by atoms with Crippen molar-refractivity contribution in [3.05, 3.63) is 18.0 Å². The molecule has 1 fully saturated rings. The number of rotatable bonds is 3. The fraction of sp³-hybridized carbons (Fsp3) is 0.667. The van der Waals surface area contributed by atoms with Gasteiger partial charge >= 0.3 is 0 Å². The molecule has 0 bridgehead atoms. The molecule has 102 valence electrons. The molecule has 0 aliphatic carbocycles. The molecule has 0 spiro atoms. The Hall–Kier alpha value is -1.07. The minimum Gasteiger partial charge on any atom is -0.338 e. The van der Waals surface area contributed by atoms with Gasteiger partial charge in [0, 0.05) is 31.4 Å². The van der Waals surface area contributed by atoms with Crippen molar-refractivity contribution in [1.82, 2.24) is 20.0 Å². The van der Waals surface area contributed by atoms with E-state index >= 15 is 0 Å². The minimum absolute atomic E-state index is 0. The molecule has 0 radical (unpaired) electrons. The molecular weight excluding hydrogens is 252 g/mol. The monoisotopic (exact) mass is 272 g/mol. The van der Waals surface area contributed by atoms with E-state index in [4.69, 9.17) is 0 Å². The number of likely N-dealkylation sites (N-methyl/N-ethyl adjacent to an activating group) is 1. The van der Waals surface area contributed by atoms with Crippen molar-refractivity contribution in [3.8, 4) is 0 Å². The lowest BCUT2D eigenvalue weighted by atomic mass is 10.1. The molecule has 2 heterocycles. The summed E-state index contributed by atoms with van der Waals surface area (Å²) in [6.45, 7) is 2.99. The number of nitrogens with zero attached hydrogens (tertiary/aromatic N) is 3. The predicted octanol–water partition coefficient (Wildman–Crippen LogP) is 1.11. The van der Waals surface area contributed by atoms with Crippen LogP contribution in [-0.2, 0) is 11.8 Å². The van der Waals surface area contributed by atoms with Gasteiger partial charge in [0.15, 0.2) is 0 Å². The fourth-order valence-electron chi connectivity index (χ4n) is 2.45. The number of likely N-dealkylation sites (tertiary alicyclic amines) is 1. The number of nitrogens with one attached hydrogen (secondary N) is 1. The first-order valence-electron chi connectivity index (χ1n) is 6.09. The van der Waals surface area contributed by atoms with Gasteiger partial charge in [0.2, 0.25) is 5.91 Å². The first-order valence-corrected chi connectivity index (χ1v) is 6.09. The van der Waals surface area contributed by atoms with Crippen molar-refractivity contribution < 1.29 is 4.79 Å². The van der Waals surface area contributed by atoms with Crippen LogP contribution in [0.5, 0.6) is 0 Å². The van der Waals surface area contributed by atoms with Gasteiger partial charge in [-0.05, 0) is 26.8 Å². The van der Waals surface area contributed by atoms with Gasteiger partial charge < -0.3 is 10.2 Å². The van der Waals surface area contributed by atoms with E-state index in [-0.39, 0.29) is 24.4 Å². The molecule has 2 unspecified atom stereocenters. The normalized spacial score (nSPS) is 20.6. The molecule has 1 aliphatic rings. The van der Waals surface area contributed by atoms with E-state index in [9.17, 15) is 4.79 Å². The van der Waals surface area contributed by atoms with Crippen molar-refractivity contribution in [2.24, 2.45) is 7.05 Å². The number of hydrogen-bond donors (Lipinski definition) is 1. The summed E-state index contributed by atoms with van der Waals surface area (Å²) < 4.78 is 1.72. The molecule has 5 nitrogen and oxygen atoms in total. The first-order chi connectivity index (χ1) is 8.13. The lowest BCUT2D eigenvalue weighted by Gasteiger charge is -2.26. The molecule has 6 heteroatoms. The van der Waals surface area contributed by atoms with Crippen LogP contribution in [0.2, 0.25) is 0 Å². The summed E-state index contributed by atoms with van der Waals surface area (Å²) in [5.74, 6) is 0.158. The van der Waals surface area contributed by atoms with E-state index in [0.717, 1.165) is 24.9 Å². The van der Waals surface area contributed by atoms with Crippen LogP contribution in [0, 0.1) is 0 Å². The highest BCUT2D eigenvalue weighted by molar-refractivity contribution is 5.85. The standard InChI is InChI=1S/C12H20N4O.ClH/c1-9-5-4-6-16(9)12(17)11(13-2)10-7-14-15(3)8-10;/h7-9,11,13H,4-6H2,1-3H3;1H. The third-order valence-corrected chi connectivity index (χ3v) is 3.43. The highest BCUT2D eigenvalue weighted by Crippen LogP contribution is 2.22. The predicted molar refractivity (Wildman–Crippen MR) is 72.7 cm³/mol. The van der Waals surface area contributed by atoms with Crippen LogP contribution >= 0.6 is 12.4 Å². The van der Waals surface area contributed by atoms with Crippen LogP contribution < -0.4 is 5.32 Å². The van der Waals surface area contributed by atoms with Gasteiger partial charge in [-0.1, -0.05) is 0 Å². The van der Waals surface area contributed by atoms with Crippen LogP contribution in [0.1, 0.15) is 31.4 Å². The zero-order valence-electron chi connectivity index (χ0n) is 11.1. The van der Waals surface area contributed by atoms with Gasteiger partial charge in [0.25, 0.3) is 0 Å². The molecule has 0 aromatic carbocycles. The molecule has 2 rings (SSSR count). The summed E-state index contributed by atoms with van der Waals surface area (Å²) in [4.78, 5) is 14.4. The lowest BCUT2D eigenvalue weighted by Crippen LogP contribution is -2.41. The zero-order chi connectivity index (χ0) is 12.4. The summed E-state index contributed by atoms with van der Waals surface area (Å²) in [5, 5.41) is 7.20. The number of carbonyl (C=O) groups excluding carboxylic acids is 1. The van der Waals surface area contributed by atoms with Crippen molar-refractivity contribution in [1.29, 1.82) is 0 Å². The molecule has 1 aliphatic heterocycles. The third-order valence-electron chi connectivity index (χ3n) is 3.43. The van der Waals surface area contributed by atoms with E-state index in [0.29, 0.717) is 6.04 Å². The molecule has 18 heavy (non-hydrogen) atoms. The summed E-state index contributed by atoms with van der Waals surface area (Å²) >= 11 is 0. The number of aromatic nitrogens is 2. The van der Waals surface area contributed by atoms with Crippen LogP contribution in [0.4, 0.5) is 0 Å². The number of halogens is 1. The van der Waals surface area contributed by atoms with Crippen molar-refractivity contribution in [2.45, 2.75) is 31.8 Å². The smallest absolute Gasteiger partial charge is 0.244 e. The van der Waals surface area contributed by atoms with E-state index in [1.54, 1.807) is 10.9 Å². The number of aryl methyl sites for hydroxylation is 1. The Bertz CT molecular complexity index is 407. The maximum Gasteiger partial charge on any atom is 0.244 e. The van der Waals surface area contributed by atoms with Gasteiger partial charge in [0.05, 0.1) is 6.20 Å². The molecule has 1 N–H and O–H groups in total. The third kappa shape index (κ3) is 2.84. The van der Waals surface area contributed by atoms with E-state index in [2.05, 4.69) is 17.3 Å². The quantitative estimate of drug-likeness (QED) is 0.897.